The molecule has 0 spiro atoms. The van der Waals surface area contributed by atoms with Crippen LogP contribution in [0.2, 0.25) is 0 Å². The van der Waals surface area contributed by atoms with Crippen LogP contribution in [0, 0.1) is 10.1 Å². The molecule has 0 bridgehead atoms. The van der Waals surface area contributed by atoms with Crippen LogP contribution in [0.3, 0.4) is 0 Å². The Labute approximate surface area is 156 Å². The molecule has 0 saturated carbocycles. The van der Waals surface area contributed by atoms with Crippen molar-refractivity contribution >= 4 is 22.9 Å². The van der Waals surface area contributed by atoms with Crippen molar-refractivity contribution in [2.75, 3.05) is 26.6 Å². The Bertz CT molecular complexity index is 892. The van der Waals surface area contributed by atoms with Crippen molar-refractivity contribution in [3.8, 4) is 17.2 Å². The smallest absolute Gasteiger partial charge is 0.273 e. The number of non-ortho nitro benzene ring substituents is 1. The first kappa shape index (κ1) is 19.8. The molecule has 1 N–H and O–H groups in total. The molecule has 142 valence electrons. The monoisotopic (exact) mass is 372 g/mol. The molecule has 8 nitrogen and oxygen atoms in total. The number of rotatable bonds is 7. The number of carbonyl (C=O) groups is 1. The van der Waals surface area contributed by atoms with Crippen LogP contribution in [0.5, 0.6) is 17.2 Å². The van der Waals surface area contributed by atoms with Gasteiger partial charge >= 0.3 is 0 Å². The molecular weight excluding hydrogens is 352 g/mol. The van der Waals surface area contributed by atoms with Gasteiger partial charge in [-0.1, -0.05) is 0 Å². The van der Waals surface area contributed by atoms with Crippen molar-refractivity contribution in [3.63, 3.8) is 0 Å². The number of anilines is 1. The predicted molar refractivity (Wildman–Crippen MR) is 101 cm³/mol. The minimum Gasteiger partial charge on any atom is -0.497 e. The normalized spacial score (nSPS) is 10.9. The average Bonchev–Trinajstić information content (AvgIpc) is 2.67. The average molecular weight is 372 g/mol. The van der Waals surface area contributed by atoms with Crippen molar-refractivity contribution in [3.05, 3.63) is 58.2 Å². The highest BCUT2D eigenvalue weighted by Crippen LogP contribution is 2.31. The van der Waals surface area contributed by atoms with Gasteiger partial charge in [0.15, 0.2) is 0 Å². The van der Waals surface area contributed by atoms with Gasteiger partial charge in [-0.25, -0.2) is 0 Å². The Balaban J connectivity index is 2.25. The first-order valence-corrected chi connectivity index (χ1v) is 7.93. The quantitative estimate of drug-likeness (QED) is 0.452. The van der Waals surface area contributed by atoms with E-state index < -0.39 is 10.8 Å². The van der Waals surface area contributed by atoms with Crippen molar-refractivity contribution in [1.29, 1.82) is 0 Å². The third-order valence-corrected chi connectivity index (χ3v) is 3.83. The molecule has 0 unspecified atom stereocenters. The SMILES string of the molecule is COc1ccc(/C(C)=C/C(=O)Nc2ccc([N+](=O)[O-])cc2OC)c(OC)c1. The lowest BCUT2D eigenvalue weighted by atomic mass is 10.1. The molecule has 0 saturated heterocycles. The minimum absolute atomic E-state index is 0.125. The minimum atomic E-state index is -0.534. The zero-order valence-corrected chi connectivity index (χ0v) is 15.4. The van der Waals surface area contributed by atoms with Crippen LogP contribution in [-0.2, 0) is 4.79 Å². The summed E-state index contributed by atoms with van der Waals surface area (Å²) in [5, 5.41) is 13.5. The van der Waals surface area contributed by atoms with Gasteiger partial charge in [0.2, 0.25) is 5.91 Å². The fourth-order valence-corrected chi connectivity index (χ4v) is 2.46. The van der Waals surface area contributed by atoms with Gasteiger partial charge in [0.1, 0.15) is 17.2 Å². The fourth-order valence-electron chi connectivity index (χ4n) is 2.46. The molecule has 0 aromatic heterocycles. The molecule has 27 heavy (non-hydrogen) atoms. The van der Waals surface area contributed by atoms with E-state index in [1.165, 1.54) is 38.5 Å². The first-order valence-electron chi connectivity index (χ1n) is 7.93. The predicted octanol–water partition coefficient (Wildman–Crippen LogP) is 3.66. The van der Waals surface area contributed by atoms with Crippen molar-refractivity contribution in [2.45, 2.75) is 6.92 Å². The third kappa shape index (κ3) is 4.75. The zero-order chi connectivity index (χ0) is 20.0. The summed E-state index contributed by atoms with van der Waals surface area (Å²) in [6.07, 6.45) is 1.41. The van der Waals surface area contributed by atoms with Crippen LogP contribution in [0.25, 0.3) is 5.57 Å². The highest BCUT2D eigenvalue weighted by Gasteiger charge is 2.13. The second-order valence-corrected chi connectivity index (χ2v) is 5.52. The maximum atomic E-state index is 12.4. The van der Waals surface area contributed by atoms with Crippen LogP contribution in [0.4, 0.5) is 11.4 Å². The number of nitro benzene ring substituents is 1. The summed E-state index contributed by atoms with van der Waals surface area (Å²) in [5.41, 5.74) is 1.62. The highest BCUT2D eigenvalue weighted by atomic mass is 16.6. The molecule has 0 aliphatic heterocycles. The fraction of sp³-hybridized carbons (Fsp3) is 0.211. The van der Waals surface area contributed by atoms with E-state index in [4.69, 9.17) is 14.2 Å². The van der Waals surface area contributed by atoms with Gasteiger partial charge in [-0.2, -0.15) is 0 Å². The molecule has 0 fully saturated rings. The number of amides is 1. The maximum Gasteiger partial charge on any atom is 0.273 e. The van der Waals surface area contributed by atoms with Gasteiger partial charge in [-0.3, -0.25) is 14.9 Å². The Morgan fingerprint density at radius 1 is 1.04 bits per heavy atom. The lowest BCUT2D eigenvalue weighted by Gasteiger charge is -2.11. The molecule has 0 aliphatic carbocycles. The summed E-state index contributed by atoms with van der Waals surface area (Å²) in [5.74, 6) is 1.01. The van der Waals surface area contributed by atoms with E-state index in [9.17, 15) is 14.9 Å². The van der Waals surface area contributed by atoms with Gasteiger partial charge in [-0.05, 0) is 30.7 Å². The van der Waals surface area contributed by atoms with Gasteiger partial charge in [0.25, 0.3) is 5.69 Å². The second kappa shape index (κ2) is 8.70. The Hall–Kier alpha value is -3.55. The summed E-state index contributed by atoms with van der Waals surface area (Å²) in [6, 6.07) is 9.26. The van der Waals surface area contributed by atoms with Gasteiger partial charge in [0, 0.05) is 23.8 Å². The number of nitrogens with zero attached hydrogens (tertiary/aromatic N) is 1. The molecule has 2 aromatic carbocycles. The van der Waals surface area contributed by atoms with Crippen LogP contribution in [0.1, 0.15) is 12.5 Å². The van der Waals surface area contributed by atoms with E-state index >= 15 is 0 Å². The molecule has 0 aliphatic rings. The van der Waals surface area contributed by atoms with E-state index in [1.54, 1.807) is 32.2 Å². The van der Waals surface area contributed by atoms with Crippen molar-refractivity contribution in [1.82, 2.24) is 0 Å². The lowest BCUT2D eigenvalue weighted by Crippen LogP contribution is -2.10. The standard InChI is InChI=1S/C19H20N2O6/c1-12(15-7-6-14(25-2)11-17(15)26-3)9-19(22)20-16-8-5-13(21(23)24)10-18(16)27-4/h5-11H,1-4H3,(H,20,22)/b12-9+. The molecule has 0 atom stereocenters. The Morgan fingerprint density at radius 3 is 2.33 bits per heavy atom. The summed E-state index contributed by atoms with van der Waals surface area (Å²) < 4.78 is 15.6. The summed E-state index contributed by atoms with van der Waals surface area (Å²) >= 11 is 0. The molecule has 8 heteroatoms. The summed E-state index contributed by atoms with van der Waals surface area (Å²) in [6.45, 7) is 1.77. The van der Waals surface area contributed by atoms with Crippen molar-refractivity contribution in [2.24, 2.45) is 0 Å². The number of benzene rings is 2. The number of methoxy groups -OCH3 is 3. The van der Waals surface area contributed by atoms with E-state index in [0.29, 0.717) is 22.8 Å². The van der Waals surface area contributed by atoms with Crippen LogP contribution in [-0.4, -0.2) is 32.2 Å². The molecule has 0 heterocycles. The first-order chi connectivity index (χ1) is 12.9. The number of nitro groups is 1. The molecule has 2 rings (SSSR count). The van der Waals surface area contributed by atoms with E-state index in [-0.39, 0.29) is 11.4 Å². The van der Waals surface area contributed by atoms with Gasteiger partial charge < -0.3 is 19.5 Å². The number of allylic oxidation sites excluding steroid dienone is 1. The molecule has 1 amide bonds. The number of ether oxygens (including phenoxy) is 3. The Morgan fingerprint density at radius 2 is 1.74 bits per heavy atom. The molecule has 0 radical (unpaired) electrons. The van der Waals surface area contributed by atoms with Crippen LogP contribution >= 0.6 is 0 Å². The topological polar surface area (TPSA) is 99.9 Å². The highest BCUT2D eigenvalue weighted by molar-refractivity contribution is 6.04. The number of hydrogen-bond donors (Lipinski definition) is 1. The largest absolute Gasteiger partial charge is 0.497 e. The number of nitrogens with one attached hydrogen (secondary N) is 1. The van der Waals surface area contributed by atoms with Gasteiger partial charge in [-0.15, -0.1) is 0 Å². The lowest BCUT2D eigenvalue weighted by molar-refractivity contribution is -0.384. The van der Waals surface area contributed by atoms with Crippen molar-refractivity contribution < 1.29 is 23.9 Å². The maximum absolute atomic E-state index is 12.4. The van der Waals surface area contributed by atoms with E-state index in [2.05, 4.69) is 5.32 Å². The number of hydrogen-bond acceptors (Lipinski definition) is 6. The van der Waals surface area contributed by atoms with E-state index in [0.717, 1.165) is 5.56 Å². The van der Waals surface area contributed by atoms with Crippen LogP contribution in [0.15, 0.2) is 42.5 Å². The summed E-state index contributed by atoms with van der Waals surface area (Å²) in [4.78, 5) is 22.7. The second-order valence-electron chi connectivity index (χ2n) is 5.52. The molecule has 2 aromatic rings. The van der Waals surface area contributed by atoms with E-state index in [1.807, 2.05) is 0 Å². The summed E-state index contributed by atoms with van der Waals surface area (Å²) in [7, 11) is 4.47. The Kier molecular flexibility index (Phi) is 6.37. The molecular formula is C19H20N2O6. The van der Waals surface area contributed by atoms with Gasteiger partial charge in [0.05, 0.1) is 38.0 Å². The third-order valence-electron chi connectivity index (χ3n) is 3.83. The number of carbonyl (C=O) groups excluding carboxylic acids is 1. The van der Waals surface area contributed by atoms with Crippen LogP contribution < -0.4 is 19.5 Å². The zero-order valence-electron chi connectivity index (χ0n) is 15.4.